The van der Waals surface area contributed by atoms with Gasteiger partial charge in [-0.3, -0.25) is 4.79 Å². The third-order valence-corrected chi connectivity index (χ3v) is 3.03. The fraction of sp³-hybridized carbons (Fsp3) is 0.846. The maximum Gasteiger partial charge on any atom is 0.305 e. The van der Waals surface area contributed by atoms with Crippen LogP contribution in [0.4, 0.5) is 0 Å². The molecular weight excluding hydrogens is 220 g/mol. The SMILES string of the molecule is CCCCCCCC(=O)OCC1(C=O)COC1. The molecule has 0 bridgehead atoms. The molecular formula is C13H22O4. The Balaban J connectivity index is 2.03. The molecule has 0 aromatic rings. The van der Waals surface area contributed by atoms with Crippen molar-refractivity contribution < 1.29 is 19.1 Å². The average molecular weight is 242 g/mol. The molecule has 0 N–H and O–H groups in total. The second-order valence-corrected chi connectivity index (χ2v) is 4.80. The van der Waals surface area contributed by atoms with Crippen LogP contribution < -0.4 is 0 Å². The lowest BCUT2D eigenvalue weighted by Gasteiger charge is -2.35. The highest BCUT2D eigenvalue weighted by Crippen LogP contribution is 2.25. The lowest BCUT2D eigenvalue weighted by Crippen LogP contribution is -2.48. The van der Waals surface area contributed by atoms with Crippen LogP contribution in [-0.4, -0.2) is 32.1 Å². The molecule has 0 atom stereocenters. The molecule has 0 amide bonds. The van der Waals surface area contributed by atoms with Crippen molar-refractivity contribution in [2.45, 2.75) is 45.4 Å². The fourth-order valence-corrected chi connectivity index (χ4v) is 1.72. The Hall–Kier alpha value is -0.900. The van der Waals surface area contributed by atoms with E-state index in [1.165, 1.54) is 19.3 Å². The molecule has 0 aliphatic carbocycles. The van der Waals surface area contributed by atoms with Gasteiger partial charge in [0.2, 0.25) is 0 Å². The first-order chi connectivity index (χ1) is 8.22. The predicted molar refractivity (Wildman–Crippen MR) is 63.7 cm³/mol. The zero-order valence-corrected chi connectivity index (χ0v) is 10.6. The quantitative estimate of drug-likeness (QED) is 0.353. The topological polar surface area (TPSA) is 52.6 Å². The van der Waals surface area contributed by atoms with Gasteiger partial charge in [0, 0.05) is 6.42 Å². The van der Waals surface area contributed by atoms with Gasteiger partial charge < -0.3 is 14.3 Å². The van der Waals surface area contributed by atoms with Gasteiger partial charge in [0.15, 0.2) is 0 Å². The predicted octanol–water partition coefficient (Wildman–Crippen LogP) is 2.11. The van der Waals surface area contributed by atoms with Crippen molar-refractivity contribution in [1.82, 2.24) is 0 Å². The number of aldehydes is 1. The first kappa shape index (κ1) is 14.2. The molecule has 0 spiro atoms. The second-order valence-electron chi connectivity index (χ2n) is 4.80. The van der Waals surface area contributed by atoms with Crippen LogP contribution in [0.3, 0.4) is 0 Å². The van der Waals surface area contributed by atoms with E-state index in [0.717, 1.165) is 19.1 Å². The normalized spacial score (nSPS) is 17.2. The van der Waals surface area contributed by atoms with E-state index in [4.69, 9.17) is 9.47 Å². The molecule has 98 valence electrons. The Bertz CT molecular complexity index is 246. The molecule has 1 aliphatic heterocycles. The van der Waals surface area contributed by atoms with E-state index in [2.05, 4.69) is 6.92 Å². The minimum atomic E-state index is -0.558. The van der Waals surface area contributed by atoms with Crippen LogP contribution in [0.15, 0.2) is 0 Å². The summed E-state index contributed by atoms with van der Waals surface area (Å²) in [6.45, 7) is 3.08. The average Bonchev–Trinajstić information content (AvgIpc) is 2.28. The zero-order chi connectivity index (χ0) is 12.6. The summed E-state index contributed by atoms with van der Waals surface area (Å²) in [4.78, 5) is 22.2. The molecule has 0 saturated carbocycles. The van der Waals surface area contributed by atoms with E-state index in [1.54, 1.807) is 0 Å². The van der Waals surface area contributed by atoms with Crippen LogP contribution in [0, 0.1) is 5.41 Å². The van der Waals surface area contributed by atoms with Crippen molar-refractivity contribution in [1.29, 1.82) is 0 Å². The number of esters is 1. The van der Waals surface area contributed by atoms with Gasteiger partial charge in [-0.1, -0.05) is 32.6 Å². The maximum atomic E-state index is 11.4. The summed E-state index contributed by atoms with van der Waals surface area (Å²) in [6.07, 6.45) is 6.85. The van der Waals surface area contributed by atoms with Crippen LogP contribution >= 0.6 is 0 Å². The Labute approximate surface area is 103 Å². The smallest absolute Gasteiger partial charge is 0.305 e. The maximum absolute atomic E-state index is 11.4. The summed E-state index contributed by atoms with van der Waals surface area (Å²) >= 11 is 0. The van der Waals surface area contributed by atoms with Gasteiger partial charge in [-0.25, -0.2) is 0 Å². The van der Waals surface area contributed by atoms with Crippen molar-refractivity contribution in [3.8, 4) is 0 Å². The van der Waals surface area contributed by atoms with Crippen LogP contribution in [0.1, 0.15) is 45.4 Å². The number of rotatable bonds is 9. The lowest BCUT2D eigenvalue weighted by molar-refractivity contribution is -0.170. The van der Waals surface area contributed by atoms with Gasteiger partial charge in [0.1, 0.15) is 18.3 Å². The van der Waals surface area contributed by atoms with Crippen LogP contribution in [-0.2, 0) is 19.1 Å². The van der Waals surface area contributed by atoms with E-state index in [0.29, 0.717) is 19.6 Å². The first-order valence-corrected chi connectivity index (χ1v) is 6.42. The number of carbonyl (C=O) groups is 2. The minimum Gasteiger partial charge on any atom is -0.464 e. The van der Waals surface area contributed by atoms with Crippen molar-refractivity contribution in [3.63, 3.8) is 0 Å². The van der Waals surface area contributed by atoms with E-state index in [9.17, 15) is 9.59 Å². The number of ether oxygens (including phenoxy) is 2. The Morgan fingerprint density at radius 2 is 2.00 bits per heavy atom. The molecule has 17 heavy (non-hydrogen) atoms. The van der Waals surface area contributed by atoms with Crippen molar-refractivity contribution in [2.24, 2.45) is 5.41 Å². The molecule has 1 heterocycles. The van der Waals surface area contributed by atoms with Gasteiger partial charge in [-0.05, 0) is 6.42 Å². The molecule has 0 radical (unpaired) electrons. The van der Waals surface area contributed by atoms with Crippen LogP contribution in [0.2, 0.25) is 0 Å². The fourth-order valence-electron chi connectivity index (χ4n) is 1.72. The Morgan fingerprint density at radius 3 is 2.53 bits per heavy atom. The zero-order valence-electron chi connectivity index (χ0n) is 10.6. The van der Waals surface area contributed by atoms with Gasteiger partial charge in [0.25, 0.3) is 0 Å². The molecule has 4 nitrogen and oxygen atoms in total. The largest absolute Gasteiger partial charge is 0.464 e. The summed E-state index contributed by atoms with van der Waals surface area (Å²) in [6, 6.07) is 0. The van der Waals surface area contributed by atoms with Gasteiger partial charge in [-0.15, -0.1) is 0 Å². The minimum absolute atomic E-state index is 0.171. The van der Waals surface area contributed by atoms with Crippen molar-refractivity contribution in [3.05, 3.63) is 0 Å². The number of hydrogen-bond acceptors (Lipinski definition) is 4. The third kappa shape index (κ3) is 4.86. The van der Waals surface area contributed by atoms with Crippen LogP contribution in [0.5, 0.6) is 0 Å². The first-order valence-electron chi connectivity index (χ1n) is 6.42. The number of carbonyl (C=O) groups excluding carboxylic acids is 2. The lowest BCUT2D eigenvalue weighted by atomic mass is 9.89. The molecule has 1 aliphatic rings. The number of hydrogen-bond donors (Lipinski definition) is 0. The second kappa shape index (κ2) is 7.43. The van der Waals surface area contributed by atoms with E-state index < -0.39 is 5.41 Å². The van der Waals surface area contributed by atoms with Gasteiger partial charge in [0.05, 0.1) is 13.2 Å². The van der Waals surface area contributed by atoms with Crippen molar-refractivity contribution in [2.75, 3.05) is 19.8 Å². The highest BCUT2D eigenvalue weighted by atomic mass is 16.5. The molecule has 4 heteroatoms. The Morgan fingerprint density at radius 1 is 1.29 bits per heavy atom. The summed E-state index contributed by atoms with van der Waals surface area (Å²) in [7, 11) is 0. The summed E-state index contributed by atoms with van der Waals surface area (Å²) in [5.74, 6) is -0.199. The highest BCUT2D eigenvalue weighted by molar-refractivity contribution is 5.70. The van der Waals surface area contributed by atoms with E-state index in [1.807, 2.05) is 0 Å². The highest BCUT2D eigenvalue weighted by Gasteiger charge is 2.39. The van der Waals surface area contributed by atoms with Crippen LogP contribution in [0.25, 0.3) is 0 Å². The molecule has 0 unspecified atom stereocenters. The van der Waals surface area contributed by atoms with Crippen molar-refractivity contribution >= 4 is 12.3 Å². The number of unbranched alkanes of at least 4 members (excludes halogenated alkanes) is 4. The standard InChI is InChI=1S/C13H22O4/c1-2-3-4-5-6-7-12(15)17-11-13(8-14)9-16-10-13/h8H,2-7,9-11H2,1H3. The molecule has 0 aromatic heterocycles. The third-order valence-electron chi connectivity index (χ3n) is 3.03. The summed E-state index contributed by atoms with van der Waals surface area (Å²) < 4.78 is 10.1. The van der Waals surface area contributed by atoms with Gasteiger partial charge in [-0.2, -0.15) is 0 Å². The Kier molecular flexibility index (Phi) is 6.19. The van der Waals surface area contributed by atoms with Gasteiger partial charge >= 0.3 is 5.97 Å². The summed E-state index contributed by atoms with van der Waals surface area (Å²) in [5.41, 5.74) is -0.558. The molecule has 0 aromatic carbocycles. The van der Waals surface area contributed by atoms with E-state index in [-0.39, 0.29) is 12.6 Å². The van der Waals surface area contributed by atoms with E-state index >= 15 is 0 Å². The molecule has 1 saturated heterocycles. The molecule has 1 rings (SSSR count). The monoisotopic (exact) mass is 242 g/mol. The summed E-state index contributed by atoms with van der Waals surface area (Å²) in [5, 5.41) is 0. The molecule has 1 fully saturated rings.